The summed E-state index contributed by atoms with van der Waals surface area (Å²) in [4.78, 5) is 22.8. The molecule has 1 aromatic carbocycles. The lowest BCUT2D eigenvalue weighted by atomic mass is 9.86. The first-order chi connectivity index (χ1) is 10.3. The van der Waals surface area contributed by atoms with Crippen LogP contribution in [0.3, 0.4) is 0 Å². The van der Waals surface area contributed by atoms with Crippen molar-refractivity contribution in [2.45, 2.75) is 51.7 Å². The van der Waals surface area contributed by atoms with Crippen LogP contribution in [0.25, 0.3) is 0 Å². The van der Waals surface area contributed by atoms with Gasteiger partial charge in [0.15, 0.2) is 0 Å². The third-order valence-corrected chi connectivity index (χ3v) is 3.54. The largest absolute Gasteiger partial charge is 0.478 e. The Balaban J connectivity index is 3.64. The molecule has 0 saturated carbocycles. The van der Waals surface area contributed by atoms with Crippen LogP contribution in [0.4, 0.5) is 0 Å². The smallest absolute Gasteiger partial charge is 0.336 e. The molecule has 122 valence electrons. The van der Waals surface area contributed by atoms with Crippen molar-refractivity contribution in [3.8, 4) is 0 Å². The van der Waals surface area contributed by atoms with Crippen LogP contribution < -0.4 is 0 Å². The van der Waals surface area contributed by atoms with E-state index in [-0.39, 0.29) is 35.1 Å². The van der Waals surface area contributed by atoms with E-state index in [1.165, 1.54) is 12.1 Å². The topological polar surface area (TPSA) is 115 Å². The lowest BCUT2D eigenvalue weighted by Crippen LogP contribution is -2.17. The molecule has 0 saturated heterocycles. The van der Waals surface area contributed by atoms with Crippen molar-refractivity contribution in [2.24, 2.45) is 0 Å². The normalized spacial score (nSPS) is 13.6. The van der Waals surface area contributed by atoms with Crippen molar-refractivity contribution in [3.05, 3.63) is 34.4 Å². The highest BCUT2D eigenvalue weighted by Gasteiger charge is 2.28. The molecule has 0 aromatic heterocycles. The fourth-order valence-electron chi connectivity index (χ4n) is 2.56. The van der Waals surface area contributed by atoms with Gasteiger partial charge in [-0.15, -0.1) is 0 Å². The summed E-state index contributed by atoms with van der Waals surface area (Å²) in [5.74, 6) is -2.51. The molecule has 0 amide bonds. The molecular formula is C16H22O6. The van der Waals surface area contributed by atoms with Gasteiger partial charge in [-0.25, -0.2) is 9.59 Å². The van der Waals surface area contributed by atoms with Gasteiger partial charge in [-0.05, 0) is 25.0 Å². The molecule has 2 unspecified atom stereocenters. The van der Waals surface area contributed by atoms with Gasteiger partial charge in [-0.3, -0.25) is 0 Å². The zero-order chi connectivity index (χ0) is 16.9. The molecule has 0 spiro atoms. The van der Waals surface area contributed by atoms with Crippen LogP contribution in [0, 0.1) is 0 Å². The lowest BCUT2D eigenvalue weighted by molar-refractivity contribution is 0.0664. The molecule has 6 heteroatoms. The second kappa shape index (κ2) is 7.91. The van der Waals surface area contributed by atoms with Gasteiger partial charge in [0.05, 0.1) is 23.3 Å². The molecule has 0 heterocycles. The maximum absolute atomic E-state index is 11.4. The Labute approximate surface area is 129 Å². The zero-order valence-corrected chi connectivity index (χ0v) is 12.7. The highest BCUT2D eigenvalue weighted by atomic mass is 16.4. The SMILES string of the molecule is CCCC(O)c1c(C(=O)O)ccc(C(=O)O)c1C(O)CCC. The summed E-state index contributed by atoms with van der Waals surface area (Å²) in [6.45, 7) is 3.65. The minimum Gasteiger partial charge on any atom is -0.478 e. The summed E-state index contributed by atoms with van der Waals surface area (Å²) in [5.41, 5.74) is -0.322. The van der Waals surface area contributed by atoms with E-state index in [9.17, 15) is 30.0 Å². The maximum Gasteiger partial charge on any atom is 0.336 e. The van der Waals surface area contributed by atoms with E-state index in [4.69, 9.17) is 0 Å². The third kappa shape index (κ3) is 3.84. The van der Waals surface area contributed by atoms with E-state index in [0.717, 1.165) is 0 Å². The first-order valence-corrected chi connectivity index (χ1v) is 7.34. The summed E-state index contributed by atoms with van der Waals surface area (Å²) < 4.78 is 0. The molecule has 0 fully saturated rings. The summed E-state index contributed by atoms with van der Waals surface area (Å²) in [7, 11) is 0. The predicted octanol–water partition coefficient (Wildman–Crippen LogP) is 2.75. The molecule has 6 nitrogen and oxygen atoms in total. The van der Waals surface area contributed by atoms with Gasteiger partial charge in [-0.1, -0.05) is 26.7 Å². The number of hydrogen-bond donors (Lipinski definition) is 4. The molecular weight excluding hydrogens is 288 g/mol. The quantitative estimate of drug-likeness (QED) is 0.587. The molecule has 0 aliphatic carbocycles. The van der Waals surface area contributed by atoms with Crippen molar-refractivity contribution >= 4 is 11.9 Å². The van der Waals surface area contributed by atoms with E-state index in [2.05, 4.69) is 0 Å². The molecule has 2 atom stereocenters. The number of carboxylic acid groups (broad SMARTS) is 2. The predicted molar refractivity (Wildman–Crippen MR) is 80.1 cm³/mol. The number of hydrogen-bond acceptors (Lipinski definition) is 4. The average molecular weight is 310 g/mol. The minimum atomic E-state index is -1.26. The molecule has 22 heavy (non-hydrogen) atoms. The van der Waals surface area contributed by atoms with E-state index >= 15 is 0 Å². The summed E-state index contributed by atoms with van der Waals surface area (Å²) in [6, 6.07) is 2.34. The fraction of sp³-hybridized carbons (Fsp3) is 0.500. The minimum absolute atomic E-state index is 0.00944. The van der Waals surface area contributed by atoms with Crippen molar-refractivity contribution in [3.63, 3.8) is 0 Å². The Kier molecular flexibility index (Phi) is 6.52. The van der Waals surface area contributed by atoms with Gasteiger partial charge in [0.25, 0.3) is 0 Å². The standard InChI is InChI=1S/C16H22O6/c1-3-5-11(17)13-9(15(19)20)7-8-10(16(21)22)14(13)12(18)6-4-2/h7-8,11-12,17-18H,3-6H2,1-2H3,(H,19,20)(H,21,22). The van der Waals surface area contributed by atoms with Gasteiger partial charge in [0, 0.05) is 11.1 Å². The summed E-state index contributed by atoms with van der Waals surface area (Å²) in [5, 5.41) is 39.2. The summed E-state index contributed by atoms with van der Waals surface area (Å²) >= 11 is 0. The van der Waals surface area contributed by atoms with Gasteiger partial charge >= 0.3 is 11.9 Å². The van der Waals surface area contributed by atoms with E-state index in [1.807, 2.05) is 13.8 Å². The number of carboxylic acids is 2. The van der Waals surface area contributed by atoms with Gasteiger partial charge in [0.2, 0.25) is 0 Å². The monoisotopic (exact) mass is 310 g/mol. The van der Waals surface area contributed by atoms with Crippen LogP contribution >= 0.6 is 0 Å². The number of aliphatic hydroxyl groups excluding tert-OH is 2. The Morgan fingerprint density at radius 3 is 1.41 bits per heavy atom. The third-order valence-electron chi connectivity index (χ3n) is 3.54. The van der Waals surface area contributed by atoms with Crippen LogP contribution in [0.2, 0.25) is 0 Å². The van der Waals surface area contributed by atoms with Crippen molar-refractivity contribution in [2.75, 3.05) is 0 Å². The molecule has 0 bridgehead atoms. The van der Waals surface area contributed by atoms with E-state index in [1.54, 1.807) is 0 Å². The van der Waals surface area contributed by atoms with E-state index < -0.39 is 24.1 Å². The van der Waals surface area contributed by atoms with Crippen molar-refractivity contribution in [1.82, 2.24) is 0 Å². The number of aromatic carboxylic acids is 2. The van der Waals surface area contributed by atoms with Crippen LogP contribution in [-0.4, -0.2) is 32.4 Å². The second-order valence-corrected chi connectivity index (χ2v) is 5.21. The Morgan fingerprint density at radius 2 is 1.18 bits per heavy atom. The van der Waals surface area contributed by atoms with Crippen molar-refractivity contribution in [1.29, 1.82) is 0 Å². The average Bonchev–Trinajstić information content (AvgIpc) is 2.45. The van der Waals surface area contributed by atoms with Crippen LogP contribution in [-0.2, 0) is 0 Å². The Bertz CT molecular complexity index is 503. The second-order valence-electron chi connectivity index (χ2n) is 5.21. The molecule has 1 aromatic rings. The Hall–Kier alpha value is -1.92. The number of aliphatic hydroxyl groups is 2. The molecule has 0 aliphatic rings. The van der Waals surface area contributed by atoms with E-state index in [0.29, 0.717) is 12.8 Å². The van der Waals surface area contributed by atoms with Crippen LogP contribution in [0.1, 0.15) is 83.6 Å². The van der Waals surface area contributed by atoms with Gasteiger partial charge < -0.3 is 20.4 Å². The van der Waals surface area contributed by atoms with Crippen LogP contribution in [0.5, 0.6) is 0 Å². The highest BCUT2D eigenvalue weighted by Crippen LogP contribution is 2.34. The number of carbonyl (C=O) groups is 2. The highest BCUT2D eigenvalue weighted by molar-refractivity contribution is 5.95. The van der Waals surface area contributed by atoms with Gasteiger partial charge in [-0.2, -0.15) is 0 Å². The lowest BCUT2D eigenvalue weighted by Gasteiger charge is -2.23. The Morgan fingerprint density at radius 1 is 0.864 bits per heavy atom. The molecule has 1 rings (SSSR count). The number of benzene rings is 1. The first kappa shape index (κ1) is 18.1. The van der Waals surface area contributed by atoms with Crippen LogP contribution in [0.15, 0.2) is 12.1 Å². The first-order valence-electron chi connectivity index (χ1n) is 7.34. The molecule has 0 aliphatic heterocycles. The number of rotatable bonds is 8. The summed E-state index contributed by atoms with van der Waals surface area (Å²) in [6.07, 6.45) is -0.486. The van der Waals surface area contributed by atoms with Gasteiger partial charge in [0.1, 0.15) is 0 Å². The fourth-order valence-corrected chi connectivity index (χ4v) is 2.56. The molecule has 4 N–H and O–H groups in total. The zero-order valence-electron chi connectivity index (χ0n) is 12.7. The van der Waals surface area contributed by atoms with Crippen molar-refractivity contribution < 1.29 is 30.0 Å². The maximum atomic E-state index is 11.4. The molecule has 0 radical (unpaired) electrons.